The SMILES string of the molecule is CC(C)(C)c1ccc2[nH]c3c(-c4nc5c(-c6cc(-c7ccccn7)c7c(c6)oc6ccccc67)cccc5n4-c4cccc5ccccc45)cc(C(C)(C)C)cc3c2c1. The number of nitrogens with zero attached hydrogens (tertiary/aromatic N) is 3. The summed E-state index contributed by atoms with van der Waals surface area (Å²) in [5, 5.41) is 6.92. The summed E-state index contributed by atoms with van der Waals surface area (Å²) in [4.78, 5) is 14.5. The zero-order valence-electron chi connectivity index (χ0n) is 34.2. The molecular weight excluding hydrogens is 721 g/mol. The fraction of sp³-hybridized carbons (Fsp3) is 0.148. The van der Waals surface area contributed by atoms with Gasteiger partial charge in [-0.2, -0.15) is 0 Å². The van der Waals surface area contributed by atoms with Gasteiger partial charge in [-0.3, -0.25) is 9.55 Å². The minimum Gasteiger partial charge on any atom is -0.456 e. The van der Waals surface area contributed by atoms with Crippen molar-refractivity contribution < 1.29 is 4.42 Å². The van der Waals surface area contributed by atoms with Gasteiger partial charge >= 0.3 is 0 Å². The number of furan rings is 1. The average Bonchev–Trinajstić information content (AvgIpc) is 3.93. The minimum absolute atomic E-state index is 0.0167. The van der Waals surface area contributed by atoms with Gasteiger partial charge in [-0.25, -0.2) is 4.98 Å². The van der Waals surface area contributed by atoms with Crippen LogP contribution >= 0.6 is 0 Å². The number of hydrogen-bond acceptors (Lipinski definition) is 3. The highest BCUT2D eigenvalue weighted by atomic mass is 16.3. The smallest absolute Gasteiger partial charge is 0.147 e. The Morgan fingerprint density at radius 1 is 0.559 bits per heavy atom. The Morgan fingerprint density at radius 3 is 2.12 bits per heavy atom. The lowest BCUT2D eigenvalue weighted by atomic mass is 9.84. The van der Waals surface area contributed by atoms with Crippen LogP contribution < -0.4 is 0 Å². The van der Waals surface area contributed by atoms with Crippen molar-refractivity contribution in [1.82, 2.24) is 19.5 Å². The third-order valence-corrected chi connectivity index (χ3v) is 12.1. The second-order valence-electron chi connectivity index (χ2n) is 18.0. The molecule has 11 aromatic rings. The van der Waals surface area contributed by atoms with E-state index in [0.29, 0.717) is 0 Å². The van der Waals surface area contributed by atoms with E-state index < -0.39 is 0 Å². The van der Waals surface area contributed by atoms with E-state index in [9.17, 15) is 0 Å². The molecule has 5 nitrogen and oxygen atoms in total. The van der Waals surface area contributed by atoms with E-state index in [1.54, 1.807) is 0 Å². The summed E-state index contributed by atoms with van der Waals surface area (Å²) in [6.07, 6.45) is 1.86. The Hall–Kier alpha value is -6.98. The molecule has 0 spiro atoms. The number of nitrogens with one attached hydrogen (secondary N) is 1. The molecule has 59 heavy (non-hydrogen) atoms. The molecule has 4 aromatic heterocycles. The molecular formula is C54H44N4O. The molecule has 1 N–H and O–H groups in total. The molecule has 4 heterocycles. The van der Waals surface area contributed by atoms with Gasteiger partial charge in [0.05, 0.1) is 27.9 Å². The summed E-state index contributed by atoms with van der Waals surface area (Å²) in [5.41, 5.74) is 14.4. The number of hydrogen-bond donors (Lipinski definition) is 1. The van der Waals surface area contributed by atoms with Crippen LogP contribution in [0.15, 0.2) is 156 Å². The zero-order valence-corrected chi connectivity index (χ0v) is 34.2. The summed E-state index contributed by atoms with van der Waals surface area (Å²) in [5.74, 6) is 0.886. The Bertz CT molecular complexity index is 3450. The van der Waals surface area contributed by atoms with Gasteiger partial charge in [0.2, 0.25) is 0 Å². The molecule has 0 radical (unpaired) electrons. The van der Waals surface area contributed by atoms with Crippen LogP contribution in [0.3, 0.4) is 0 Å². The highest BCUT2D eigenvalue weighted by Crippen LogP contribution is 2.45. The predicted octanol–water partition coefficient (Wildman–Crippen LogP) is 14.7. The first-order valence-corrected chi connectivity index (χ1v) is 20.5. The normalized spacial score (nSPS) is 12.6. The second kappa shape index (κ2) is 12.8. The lowest BCUT2D eigenvalue weighted by Crippen LogP contribution is -2.11. The lowest BCUT2D eigenvalue weighted by Gasteiger charge is -2.21. The molecule has 11 rings (SSSR count). The maximum Gasteiger partial charge on any atom is 0.147 e. The number of para-hydroxylation sites is 2. The quantitative estimate of drug-likeness (QED) is 0.194. The van der Waals surface area contributed by atoms with E-state index in [0.717, 1.165) is 88.9 Å². The summed E-state index contributed by atoms with van der Waals surface area (Å²) in [6.45, 7) is 13.7. The van der Waals surface area contributed by atoms with Crippen LogP contribution in [0.5, 0.6) is 0 Å². The maximum absolute atomic E-state index is 6.60. The second-order valence-corrected chi connectivity index (χ2v) is 18.0. The fourth-order valence-electron chi connectivity index (χ4n) is 8.97. The van der Waals surface area contributed by atoms with Crippen molar-refractivity contribution in [2.24, 2.45) is 0 Å². The largest absolute Gasteiger partial charge is 0.456 e. The van der Waals surface area contributed by atoms with E-state index in [4.69, 9.17) is 14.4 Å². The molecule has 0 saturated carbocycles. The molecule has 0 atom stereocenters. The molecule has 0 fully saturated rings. The standard InChI is InChI=1S/C54H44N4O/c1-53(2,3)34-24-25-44-39(29-34)40-30-35(54(4,5)6)31-42(50(40)56-44)52-57-51-37(19-14-22-46(51)58(52)45-21-13-16-32-15-7-8-17-36(32)45)33-27-41(43-20-11-12-26-55-43)49-38-18-9-10-23-47(38)59-48(49)28-33/h7-31,56H,1-6H3. The van der Waals surface area contributed by atoms with Crippen LogP contribution in [0.25, 0.3) is 105 Å². The van der Waals surface area contributed by atoms with E-state index >= 15 is 0 Å². The highest BCUT2D eigenvalue weighted by Gasteiger charge is 2.26. The number of H-pyrrole nitrogens is 1. The maximum atomic E-state index is 6.60. The topological polar surface area (TPSA) is 59.6 Å². The van der Waals surface area contributed by atoms with Crippen molar-refractivity contribution in [3.05, 3.63) is 163 Å². The van der Waals surface area contributed by atoms with Crippen LogP contribution in [0, 0.1) is 0 Å². The predicted molar refractivity (Wildman–Crippen MR) is 247 cm³/mol. The van der Waals surface area contributed by atoms with Gasteiger partial charge in [-0.05, 0) is 99.6 Å². The fourth-order valence-corrected chi connectivity index (χ4v) is 8.97. The van der Waals surface area contributed by atoms with Crippen LogP contribution in [-0.2, 0) is 10.8 Å². The van der Waals surface area contributed by atoms with Gasteiger partial charge in [-0.1, -0.05) is 120 Å². The van der Waals surface area contributed by atoms with Gasteiger partial charge in [0.25, 0.3) is 0 Å². The van der Waals surface area contributed by atoms with Crippen molar-refractivity contribution in [2.75, 3.05) is 0 Å². The van der Waals surface area contributed by atoms with E-state index in [1.807, 2.05) is 30.5 Å². The monoisotopic (exact) mass is 764 g/mol. The molecule has 0 amide bonds. The molecule has 286 valence electrons. The summed E-state index contributed by atoms with van der Waals surface area (Å²) < 4.78 is 8.98. The van der Waals surface area contributed by atoms with Gasteiger partial charge in [0, 0.05) is 55.3 Å². The molecule has 0 unspecified atom stereocenters. The van der Waals surface area contributed by atoms with Crippen molar-refractivity contribution in [3.63, 3.8) is 0 Å². The van der Waals surface area contributed by atoms with Gasteiger partial charge in [-0.15, -0.1) is 0 Å². The molecule has 0 aliphatic heterocycles. The van der Waals surface area contributed by atoms with Crippen molar-refractivity contribution >= 4 is 65.6 Å². The first kappa shape index (κ1) is 35.2. The van der Waals surface area contributed by atoms with Crippen molar-refractivity contribution in [3.8, 4) is 39.5 Å². The number of pyridine rings is 1. The van der Waals surface area contributed by atoms with Crippen LogP contribution in [0.1, 0.15) is 52.7 Å². The molecule has 0 aliphatic carbocycles. The van der Waals surface area contributed by atoms with Gasteiger partial charge < -0.3 is 9.40 Å². The number of fused-ring (bicyclic) bond motifs is 8. The summed E-state index contributed by atoms with van der Waals surface area (Å²) >= 11 is 0. The lowest BCUT2D eigenvalue weighted by molar-refractivity contribution is 0.590. The number of rotatable bonds is 4. The van der Waals surface area contributed by atoms with Crippen molar-refractivity contribution in [1.29, 1.82) is 0 Å². The molecule has 0 saturated heterocycles. The number of imidazole rings is 1. The van der Waals surface area contributed by atoms with E-state index in [1.165, 1.54) is 27.3 Å². The van der Waals surface area contributed by atoms with Gasteiger partial charge in [0.15, 0.2) is 0 Å². The zero-order chi connectivity index (χ0) is 40.2. The minimum atomic E-state index is -0.112. The Kier molecular flexibility index (Phi) is 7.61. The Labute approximate surface area is 343 Å². The molecule has 0 bridgehead atoms. The first-order valence-electron chi connectivity index (χ1n) is 20.5. The van der Waals surface area contributed by atoms with Crippen molar-refractivity contribution in [2.45, 2.75) is 52.4 Å². The molecule has 7 aromatic carbocycles. The molecule has 0 aliphatic rings. The first-order chi connectivity index (χ1) is 28.5. The Balaban J connectivity index is 1.26. The number of aromatic nitrogens is 4. The number of aromatic amines is 1. The third kappa shape index (κ3) is 5.60. The third-order valence-electron chi connectivity index (χ3n) is 12.1. The Morgan fingerprint density at radius 2 is 1.31 bits per heavy atom. The van der Waals surface area contributed by atoms with Gasteiger partial charge in [0.1, 0.15) is 17.0 Å². The van der Waals surface area contributed by atoms with E-state index in [-0.39, 0.29) is 10.8 Å². The van der Waals surface area contributed by atoms with Crippen LogP contribution in [0.4, 0.5) is 0 Å². The average molecular weight is 765 g/mol. The highest BCUT2D eigenvalue weighted by molar-refractivity contribution is 6.15. The van der Waals surface area contributed by atoms with Crippen LogP contribution in [-0.4, -0.2) is 19.5 Å². The number of benzene rings is 7. The van der Waals surface area contributed by atoms with E-state index in [2.05, 4.69) is 172 Å². The molecule has 5 heteroatoms. The van der Waals surface area contributed by atoms with Crippen LogP contribution in [0.2, 0.25) is 0 Å². The summed E-state index contributed by atoms with van der Waals surface area (Å²) in [6, 6.07) is 52.2. The summed E-state index contributed by atoms with van der Waals surface area (Å²) in [7, 11) is 0.